The van der Waals surface area contributed by atoms with Crippen LogP contribution >= 0.6 is 0 Å². The average Bonchev–Trinajstić information content (AvgIpc) is 2.75. The molecule has 2 aromatic rings. The van der Waals surface area contributed by atoms with Gasteiger partial charge < -0.3 is 19.9 Å². The first-order valence-electron chi connectivity index (χ1n) is 5.19. The molecule has 1 aromatic carbocycles. The maximum atomic E-state index is 5.54. The zero-order valence-corrected chi connectivity index (χ0v) is 10.1. The SMILES string of the molecule is COc1ccc(N(C)C)c(-c2cc(N)on2)c1. The van der Waals surface area contributed by atoms with Gasteiger partial charge in [-0.2, -0.15) is 0 Å². The fourth-order valence-electron chi connectivity index (χ4n) is 1.65. The summed E-state index contributed by atoms with van der Waals surface area (Å²) in [5.41, 5.74) is 8.19. The fraction of sp³-hybridized carbons (Fsp3) is 0.250. The van der Waals surface area contributed by atoms with Gasteiger partial charge in [-0.25, -0.2) is 0 Å². The molecule has 0 aliphatic heterocycles. The Labute approximate surface area is 99.8 Å². The van der Waals surface area contributed by atoms with E-state index in [0.29, 0.717) is 11.6 Å². The second-order valence-corrected chi connectivity index (χ2v) is 3.89. The van der Waals surface area contributed by atoms with Crippen molar-refractivity contribution in [3.05, 3.63) is 24.3 Å². The third kappa shape index (κ3) is 2.18. The van der Waals surface area contributed by atoms with E-state index in [2.05, 4.69) is 5.16 Å². The number of ether oxygens (including phenoxy) is 1. The van der Waals surface area contributed by atoms with Gasteiger partial charge in [0.1, 0.15) is 11.4 Å². The van der Waals surface area contributed by atoms with Crippen LogP contribution in [0.1, 0.15) is 0 Å². The molecule has 90 valence electrons. The molecule has 5 heteroatoms. The van der Waals surface area contributed by atoms with Crippen LogP contribution in [-0.4, -0.2) is 26.4 Å². The summed E-state index contributed by atoms with van der Waals surface area (Å²) in [5.74, 6) is 1.07. The van der Waals surface area contributed by atoms with E-state index >= 15 is 0 Å². The summed E-state index contributed by atoms with van der Waals surface area (Å²) in [6, 6.07) is 7.48. The smallest absolute Gasteiger partial charge is 0.222 e. The average molecular weight is 233 g/mol. The van der Waals surface area contributed by atoms with Gasteiger partial charge in [-0.1, -0.05) is 5.16 Å². The van der Waals surface area contributed by atoms with E-state index in [9.17, 15) is 0 Å². The molecular formula is C12H15N3O2. The summed E-state index contributed by atoms with van der Waals surface area (Å²) < 4.78 is 10.1. The molecule has 5 nitrogen and oxygen atoms in total. The van der Waals surface area contributed by atoms with Crippen LogP contribution in [0.25, 0.3) is 11.3 Å². The van der Waals surface area contributed by atoms with Crippen molar-refractivity contribution in [1.29, 1.82) is 0 Å². The molecule has 0 amide bonds. The van der Waals surface area contributed by atoms with Gasteiger partial charge in [-0.15, -0.1) is 0 Å². The number of anilines is 2. The first kappa shape index (κ1) is 11.3. The van der Waals surface area contributed by atoms with Crippen LogP contribution in [0, 0.1) is 0 Å². The fourth-order valence-corrected chi connectivity index (χ4v) is 1.65. The Balaban J connectivity index is 2.56. The van der Waals surface area contributed by atoms with Gasteiger partial charge in [0, 0.05) is 31.4 Å². The number of methoxy groups -OCH3 is 1. The van der Waals surface area contributed by atoms with Crippen molar-refractivity contribution < 1.29 is 9.26 Å². The molecule has 2 N–H and O–H groups in total. The number of nitrogen functional groups attached to an aromatic ring is 1. The normalized spacial score (nSPS) is 10.3. The zero-order valence-electron chi connectivity index (χ0n) is 10.1. The lowest BCUT2D eigenvalue weighted by Crippen LogP contribution is -2.10. The van der Waals surface area contributed by atoms with Crippen molar-refractivity contribution in [2.75, 3.05) is 31.8 Å². The van der Waals surface area contributed by atoms with Crippen LogP contribution in [0.4, 0.5) is 11.6 Å². The number of hydrogen-bond acceptors (Lipinski definition) is 5. The highest BCUT2D eigenvalue weighted by molar-refractivity contribution is 5.78. The molecule has 1 aromatic heterocycles. The molecule has 0 spiro atoms. The Morgan fingerprint density at radius 3 is 2.59 bits per heavy atom. The van der Waals surface area contributed by atoms with Crippen molar-refractivity contribution >= 4 is 11.6 Å². The van der Waals surface area contributed by atoms with Gasteiger partial charge in [-0.3, -0.25) is 0 Å². The van der Waals surface area contributed by atoms with Crippen LogP contribution in [0.15, 0.2) is 28.8 Å². The largest absolute Gasteiger partial charge is 0.497 e. The summed E-state index contributed by atoms with van der Waals surface area (Å²) in [4.78, 5) is 2.00. The molecule has 0 unspecified atom stereocenters. The number of aromatic nitrogens is 1. The van der Waals surface area contributed by atoms with Crippen molar-refractivity contribution in [3.63, 3.8) is 0 Å². The molecule has 0 bridgehead atoms. The van der Waals surface area contributed by atoms with E-state index in [4.69, 9.17) is 15.0 Å². The van der Waals surface area contributed by atoms with E-state index in [1.807, 2.05) is 37.2 Å². The van der Waals surface area contributed by atoms with Gasteiger partial charge in [0.05, 0.1) is 7.11 Å². The number of nitrogens with zero attached hydrogens (tertiary/aromatic N) is 2. The Bertz CT molecular complexity index is 520. The lowest BCUT2D eigenvalue weighted by atomic mass is 10.1. The highest BCUT2D eigenvalue weighted by atomic mass is 16.5. The van der Waals surface area contributed by atoms with Crippen molar-refractivity contribution in [3.8, 4) is 17.0 Å². The number of hydrogen-bond donors (Lipinski definition) is 1. The molecule has 1 heterocycles. The molecule has 17 heavy (non-hydrogen) atoms. The van der Waals surface area contributed by atoms with Crippen LogP contribution in [0.3, 0.4) is 0 Å². The topological polar surface area (TPSA) is 64.5 Å². The monoisotopic (exact) mass is 233 g/mol. The van der Waals surface area contributed by atoms with Gasteiger partial charge in [0.25, 0.3) is 0 Å². The summed E-state index contributed by atoms with van der Waals surface area (Å²) in [5, 5.41) is 3.92. The molecule has 0 fully saturated rings. The van der Waals surface area contributed by atoms with Gasteiger partial charge in [0.15, 0.2) is 0 Å². The van der Waals surface area contributed by atoms with E-state index in [1.165, 1.54) is 0 Å². The van der Waals surface area contributed by atoms with Crippen LogP contribution < -0.4 is 15.4 Å². The van der Waals surface area contributed by atoms with E-state index in [1.54, 1.807) is 13.2 Å². The number of nitrogens with two attached hydrogens (primary N) is 1. The Hall–Kier alpha value is -2.17. The highest BCUT2D eigenvalue weighted by Gasteiger charge is 2.12. The minimum Gasteiger partial charge on any atom is -0.497 e. The summed E-state index contributed by atoms with van der Waals surface area (Å²) >= 11 is 0. The third-order valence-corrected chi connectivity index (χ3v) is 2.49. The molecule has 0 atom stereocenters. The Morgan fingerprint density at radius 1 is 1.29 bits per heavy atom. The predicted molar refractivity (Wildman–Crippen MR) is 67.2 cm³/mol. The summed E-state index contributed by atoms with van der Waals surface area (Å²) in [6.07, 6.45) is 0. The number of rotatable bonds is 3. The molecule has 0 aliphatic rings. The molecule has 0 radical (unpaired) electrons. The van der Waals surface area contributed by atoms with Gasteiger partial charge in [0.2, 0.25) is 5.88 Å². The van der Waals surface area contributed by atoms with E-state index in [-0.39, 0.29) is 0 Å². The summed E-state index contributed by atoms with van der Waals surface area (Å²) in [6.45, 7) is 0. The lowest BCUT2D eigenvalue weighted by molar-refractivity contribution is 0.415. The van der Waals surface area contributed by atoms with Crippen LogP contribution in [-0.2, 0) is 0 Å². The van der Waals surface area contributed by atoms with Gasteiger partial charge >= 0.3 is 0 Å². The van der Waals surface area contributed by atoms with Crippen LogP contribution in [0.2, 0.25) is 0 Å². The first-order chi connectivity index (χ1) is 8.11. The third-order valence-electron chi connectivity index (χ3n) is 2.49. The predicted octanol–water partition coefficient (Wildman–Crippen LogP) is 2.00. The first-order valence-corrected chi connectivity index (χ1v) is 5.19. The standard InChI is InChI=1S/C12H15N3O2/c1-15(2)11-5-4-8(16-3)6-9(11)10-7-12(13)17-14-10/h4-7H,13H2,1-3H3. The van der Waals surface area contributed by atoms with E-state index < -0.39 is 0 Å². The molecule has 0 saturated heterocycles. The molecular weight excluding hydrogens is 218 g/mol. The summed E-state index contributed by atoms with van der Waals surface area (Å²) in [7, 11) is 5.56. The lowest BCUT2D eigenvalue weighted by Gasteiger charge is -2.16. The van der Waals surface area contributed by atoms with Gasteiger partial charge in [-0.05, 0) is 18.2 Å². The molecule has 2 rings (SSSR count). The second kappa shape index (κ2) is 4.37. The minimum absolute atomic E-state index is 0.299. The van der Waals surface area contributed by atoms with Crippen molar-refractivity contribution in [2.45, 2.75) is 0 Å². The van der Waals surface area contributed by atoms with Crippen molar-refractivity contribution in [2.24, 2.45) is 0 Å². The Morgan fingerprint density at radius 2 is 2.06 bits per heavy atom. The van der Waals surface area contributed by atoms with Crippen LogP contribution in [0.5, 0.6) is 5.75 Å². The maximum absolute atomic E-state index is 5.54. The highest BCUT2D eigenvalue weighted by Crippen LogP contribution is 2.33. The minimum atomic E-state index is 0.299. The Kier molecular flexibility index (Phi) is 2.91. The second-order valence-electron chi connectivity index (χ2n) is 3.89. The van der Waals surface area contributed by atoms with Crippen molar-refractivity contribution in [1.82, 2.24) is 5.16 Å². The molecule has 0 aliphatic carbocycles. The maximum Gasteiger partial charge on any atom is 0.222 e. The zero-order chi connectivity index (χ0) is 12.4. The van der Waals surface area contributed by atoms with E-state index in [0.717, 1.165) is 17.0 Å². The quantitative estimate of drug-likeness (QED) is 0.878. The number of benzene rings is 1. The molecule has 0 saturated carbocycles.